The highest BCUT2D eigenvalue weighted by Gasteiger charge is 2.47. The topological polar surface area (TPSA) is 78.4 Å². The van der Waals surface area contributed by atoms with E-state index in [0.717, 1.165) is 34.8 Å². The summed E-state index contributed by atoms with van der Waals surface area (Å²) in [5.74, 6) is 1.21. The number of benzene rings is 2. The van der Waals surface area contributed by atoms with Crippen molar-refractivity contribution in [2.45, 2.75) is 110 Å². The maximum atomic E-state index is 11.7. The number of aromatic hydroxyl groups is 1. The maximum absolute atomic E-state index is 11.7. The number of methoxy groups -OCH3 is 2. The molecule has 1 aliphatic heterocycles. The average Bonchev–Trinajstić information content (AvgIpc) is 2.95. The van der Waals surface area contributed by atoms with E-state index in [2.05, 4.69) is 72.1 Å². The highest BCUT2D eigenvalue weighted by Crippen LogP contribution is 2.53. The van der Waals surface area contributed by atoms with Gasteiger partial charge >= 0.3 is 0 Å². The molecule has 0 amide bonds. The Hall–Kier alpha value is -1.89. The monoisotopic (exact) mass is 617 g/mol. The molecule has 7 nitrogen and oxygen atoms in total. The number of rotatable bonds is 14. The van der Waals surface area contributed by atoms with Crippen LogP contribution in [0.5, 0.6) is 17.2 Å². The van der Waals surface area contributed by atoms with Crippen molar-refractivity contribution in [1.82, 2.24) is 5.32 Å². The predicted molar refractivity (Wildman–Crippen MR) is 176 cm³/mol. The molecule has 0 unspecified atom stereocenters. The highest BCUT2D eigenvalue weighted by molar-refractivity contribution is 6.74. The minimum Gasteiger partial charge on any atom is -0.504 e. The Balaban J connectivity index is 2.16. The smallest absolute Gasteiger partial charge is 0.192 e. The van der Waals surface area contributed by atoms with Crippen LogP contribution in [0.3, 0.4) is 0 Å². The van der Waals surface area contributed by atoms with Crippen LogP contribution in [0.1, 0.15) is 75.9 Å². The van der Waals surface area contributed by atoms with E-state index < -0.39 is 16.6 Å². The molecule has 2 aromatic carbocycles. The summed E-state index contributed by atoms with van der Waals surface area (Å²) >= 11 is 0. The minimum absolute atomic E-state index is 0.0141. The summed E-state index contributed by atoms with van der Waals surface area (Å²) in [5.41, 5.74) is 3.44. The van der Waals surface area contributed by atoms with Crippen molar-refractivity contribution in [2.24, 2.45) is 0 Å². The zero-order chi connectivity index (χ0) is 31.3. The summed E-state index contributed by atoms with van der Waals surface area (Å²) in [6, 6.07) is 12.9. The fourth-order valence-corrected chi connectivity index (χ4v) is 9.64. The molecule has 42 heavy (non-hydrogen) atoms. The molecule has 2 aromatic rings. The molecule has 3 rings (SSSR count). The van der Waals surface area contributed by atoms with E-state index >= 15 is 0 Å². The van der Waals surface area contributed by atoms with Gasteiger partial charge in [0.25, 0.3) is 0 Å². The van der Waals surface area contributed by atoms with Crippen LogP contribution < -0.4 is 14.8 Å². The van der Waals surface area contributed by atoms with E-state index in [4.69, 9.17) is 23.1 Å². The van der Waals surface area contributed by atoms with Crippen molar-refractivity contribution in [1.29, 1.82) is 0 Å². The van der Waals surface area contributed by atoms with Crippen LogP contribution in [0.4, 0.5) is 0 Å². The van der Waals surface area contributed by atoms with E-state index in [1.807, 2.05) is 25.1 Å². The quantitative estimate of drug-likeness (QED) is 0.208. The second-order valence-electron chi connectivity index (χ2n) is 13.0. The van der Waals surface area contributed by atoms with Crippen LogP contribution in [0.25, 0.3) is 0 Å². The Bertz CT molecular complexity index is 1160. The van der Waals surface area contributed by atoms with Crippen molar-refractivity contribution in [3.63, 3.8) is 0 Å². The third-order valence-electron chi connectivity index (χ3n) is 9.63. The van der Waals surface area contributed by atoms with Gasteiger partial charge in [-0.2, -0.15) is 0 Å². The van der Waals surface area contributed by atoms with E-state index in [1.54, 1.807) is 14.2 Å². The van der Waals surface area contributed by atoms with Gasteiger partial charge in [0.2, 0.25) is 0 Å². The molecule has 0 aromatic heterocycles. The first-order valence-corrected chi connectivity index (χ1v) is 20.9. The van der Waals surface area contributed by atoms with Crippen molar-refractivity contribution in [3.05, 3.63) is 52.6 Å². The number of phenolic OH excluding ortho intramolecular Hbond substituents is 1. The van der Waals surface area contributed by atoms with E-state index in [9.17, 15) is 5.11 Å². The average molecular weight is 618 g/mol. The fourth-order valence-electron chi connectivity index (χ4n) is 5.73. The number of hydrogen-bond acceptors (Lipinski definition) is 7. The van der Waals surface area contributed by atoms with Gasteiger partial charge in [0.1, 0.15) is 5.75 Å². The van der Waals surface area contributed by atoms with Crippen LogP contribution in [0.15, 0.2) is 30.3 Å². The van der Waals surface area contributed by atoms with Crippen molar-refractivity contribution >= 4 is 16.6 Å². The second kappa shape index (κ2) is 14.3. The number of hydrogen-bond donors (Lipinski definition) is 2. The van der Waals surface area contributed by atoms with Gasteiger partial charge in [0.15, 0.2) is 28.1 Å². The molecule has 0 aliphatic carbocycles. The van der Waals surface area contributed by atoms with Crippen LogP contribution in [-0.4, -0.2) is 55.2 Å². The molecule has 0 saturated heterocycles. The van der Waals surface area contributed by atoms with E-state index in [1.165, 1.54) is 0 Å². The Morgan fingerprint density at radius 3 is 2.00 bits per heavy atom. The first-order valence-electron chi connectivity index (χ1n) is 15.5. The lowest BCUT2D eigenvalue weighted by molar-refractivity contribution is 0.0472. The lowest BCUT2D eigenvalue weighted by Gasteiger charge is -2.47. The summed E-state index contributed by atoms with van der Waals surface area (Å²) in [4.78, 5) is 0. The lowest BCUT2D eigenvalue weighted by atomic mass is 9.85. The number of nitrogens with one attached hydrogen (secondary N) is 1. The second-order valence-corrected chi connectivity index (χ2v) is 22.6. The van der Waals surface area contributed by atoms with E-state index in [-0.39, 0.29) is 29.0 Å². The van der Waals surface area contributed by atoms with Crippen molar-refractivity contribution in [2.75, 3.05) is 27.4 Å². The zero-order valence-corrected chi connectivity index (χ0v) is 29.8. The zero-order valence-electron chi connectivity index (χ0n) is 27.8. The standard InChI is InChI=1S/C33H55NO6Si2/c1-12-42(13-2,14-3)39-22-26-32(40-41(10,11)33(5,6)7)28-27(29(35)31(37-9)23(4)30(28)36-8)25(34-26)21-38-20-24-18-16-15-17-19-24/h15-19,25-26,32,34-35H,12-14,20-22H2,1-11H3/t25-,26+,32-/m0/s1. The fraction of sp³-hybridized carbons (Fsp3) is 0.636. The van der Waals surface area contributed by atoms with Gasteiger partial charge in [0, 0.05) is 16.7 Å². The Kier molecular flexibility index (Phi) is 11.8. The molecule has 2 N–H and O–H groups in total. The van der Waals surface area contributed by atoms with Crippen LogP contribution in [-0.2, 0) is 20.2 Å². The molecule has 0 saturated carbocycles. The predicted octanol–water partition coefficient (Wildman–Crippen LogP) is 8.03. The summed E-state index contributed by atoms with van der Waals surface area (Å²) in [6.07, 6.45) is -0.381. The first kappa shape index (κ1) is 34.6. The van der Waals surface area contributed by atoms with E-state index in [0.29, 0.717) is 36.9 Å². The van der Waals surface area contributed by atoms with Crippen LogP contribution in [0.2, 0.25) is 36.3 Å². The molecule has 1 heterocycles. The maximum Gasteiger partial charge on any atom is 0.192 e. The van der Waals surface area contributed by atoms with Crippen molar-refractivity contribution in [3.8, 4) is 17.2 Å². The summed E-state index contributed by atoms with van der Waals surface area (Å²) in [7, 11) is -0.894. The molecular formula is C33H55NO6Si2. The number of fused-ring (bicyclic) bond motifs is 1. The van der Waals surface area contributed by atoms with Gasteiger partial charge in [-0.15, -0.1) is 0 Å². The number of ether oxygens (including phenoxy) is 3. The molecule has 0 spiro atoms. The minimum atomic E-state index is -2.27. The Morgan fingerprint density at radius 1 is 0.881 bits per heavy atom. The Labute approximate surface area is 256 Å². The summed E-state index contributed by atoms with van der Waals surface area (Å²) in [6.45, 7) is 21.3. The van der Waals surface area contributed by atoms with Gasteiger partial charge in [0.05, 0.1) is 52.2 Å². The van der Waals surface area contributed by atoms with Crippen molar-refractivity contribution < 1.29 is 28.2 Å². The molecule has 9 heteroatoms. The molecular weight excluding hydrogens is 563 g/mol. The van der Waals surface area contributed by atoms with Gasteiger partial charge in [-0.3, -0.25) is 0 Å². The molecule has 3 atom stereocenters. The van der Waals surface area contributed by atoms with Crippen LogP contribution >= 0.6 is 0 Å². The van der Waals surface area contributed by atoms with Gasteiger partial charge in [-0.05, 0) is 48.8 Å². The molecule has 236 valence electrons. The molecule has 0 bridgehead atoms. The number of phenols is 1. The van der Waals surface area contributed by atoms with Crippen LogP contribution in [0, 0.1) is 6.92 Å². The molecule has 1 aliphatic rings. The largest absolute Gasteiger partial charge is 0.504 e. The third-order valence-corrected chi connectivity index (χ3v) is 18.7. The Morgan fingerprint density at radius 2 is 1.48 bits per heavy atom. The summed E-state index contributed by atoms with van der Waals surface area (Å²) < 4.78 is 32.2. The van der Waals surface area contributed by atoms with Gasteiger partial charge < -0.3 is 33.5 Å². The molecule has 0 fully saturated rings. The third kappa shape index (κ3) is 7.25. The van der Waals surface area contributed by atoms with Gasteiger partial charge in [-0.1, -0.05) is 71.9 Å². The summed E-state index contributed by atoms with van der Waals surface area (Å²) in [5, 5.41) is 15.5. The molecule has 0 radical (unpaired) electrons. The normalized spacial score (nSPS) is 19.5. The van der Waals surface area contributed by atoms with Gasteiger partial charge in [-0.25, -0.2) is 0 Å². The lowest BCUT2D eigenvalue weighted by Crippen LogP contribution is -2.53. The first-order chi connectivity index (χ1) is 19.8. The highest BCUT2D eigenvalue weighted by atomic mass is 28.4. The SMILES string of the molecule is CC[Si](CC)(CC)OC[C@H]1N[C@@H](COCc2ccccc2)c2c(O)c(OC)c(C)c(OC)c2[C@H]1O[Si](C)(C)C(C)(C)C.